The van der Waals surface area contributed by atoms with E-state index in [0.29, 0.717) is 0 Å². The van der Waals surface area contributed by atoms with Crippen LogP contribution in [0.25, 0.3) is 0 Å². The van der Waals surface area contributed by atoms with E-state index < -0.39 is 11.9 Å². The van der Waals surface area contributed by atoms with Gasteiger partial charge in [0.2, 0.25) is 0 Å². The Morgan fingerprint density at radius 1 is 1.18 bits per heavy atom. The van der Waals surface area contributed by atoms with Crippen LogP contribution in [-0.4, -0.2) is 28.7 Å². The quantitative estimate of drug-likeness (QED) is 0.581. The van der Waals surface area contributed by atoms with Gasteiger partial charge in [-0.2, -0.15) is 0 Å². The van der Waals surface area contributed by atoms with Gasteiger partial charge in [-0.3, -0.25) is 0 Å². The highest BCUT2D eigenvalue weighted by Gasteiger charge is 2.06. The molecule has 1 aliphatic rings. The van der Waals surface area contributed by atoms with Crippen molar-refractivity contribution in [3.05, 3.63) is 34.9 Å². The summed E-state index contributed by atoms with van der Waals surface area (Å²) in [5.74, 6) is -3.65. The first-order valence-corrected chi connectivity index (χ1v) is 5.26. The molecule has 0 atom stereocenters. The number of rotatable bonds is 0. The molecule has 92 valence electrons. The van der Waals surface area contributed by atoms with E-state index in [4.69, 9.17) is 19.8 Å². The highest BCUT2D eigenvalue weighted by Crippen LogP contribution is 2.14. The number of fused-ring (bicyclic) bond motifs is 1. The van der Waals surface area contributed by atoms with Crippen LogP contribution in [-0.2, 0) is 22.6 Å². The molecule has 1 aliphatic heterocycles. The number of carboxylic acids is 2. The molecule has 0 amide bonds. The van der Waals surface area contributed by atoms with Crippen molar-refractivity contribution in [1.82, 2.24) is 5.32 Å². The molecule has 0 aliphatic carbocycles. The molecule has 0 spiro atoms. The average molecular weight is 237 g/mol. The number of aryl methyl sites for hydroxylation is 1. The highest BCUT2D eigenvalue weighted by molar-refractivity contribution is 6.27. The predicted molar refractivity (Wildman–Crippen MR) is 61.9 cm³/mol. The smallest absolute Gasteiger partial charge is 0.414 e. The van der Waals surface area contributed by atoms with Gasteiger partial charge in [0.05, 0.1) is 0 Å². The number of carbonyl (C=O) groups is 2. The normalized spacial score (nSPS) is 13.0. The van der Waals surface area contributed by atoms with Gasteiger partial charge in [-0.25, -0.2) is 9.59 Å². The summed E-state index contributed by atoms with van der Waals surface area (Å²) >= 11 is 0. The Kier molecular flexibility index (Phi) is 4.66. The first-order valence-electron chi connectivity index (χ1n) is 5.26. The third-order valence-corrected chi connectivity index (χ3v) is 2.43. The second-order valence-corrected chi connectivity index (χ2v) is 3.81. The summed E-state index contributed by atoms with van der Waals surface area (Å²) in [6, 6.07) is 6.73. The van der Waals surface area contributed by atoms with E-state index in [2.05, 4.69) is 30.4 Å². The van der Waals surface area contributed by atoms with Gasteiger partial charge >= 0.3 is 11.9 Å². The number of hydrogen-bond acceptors (Lipinski definition) is 3. The standard InChI is InChI=1S/C10H13N.C2H2O4/c1-8-2-3-9-4-5-11-7-10(9)6-8;3-1(4)2(5)6/h2-3,6,11H,4-5,7H2,1H3;(H,3,4)(H,5,6). The molecule has 1 aromatic rings. The number of nitrogens with one attached hydrogen (secondary N) is 1. The fourth-order valence-electron chi connectivity index (χ4n) is 1.61. The Morgan fingerprint density at radius 2 is 1.82 bits per heavy atom. The van der Waals surface area contributed by atoms with Gasteiger partial charge < -0.3 is 15.5 Å². The third kappa shape index (κ3) is 4.24. The topological polar surface area (TPSA) is 86.6 Å². The van der Waals surface area contributed by atoms with Crippen molar-refractivity contribution in [3.8, 4) is 0 Å². The summed E-state index contributed by atoms with van der Waals surface area (Å²) in [5.41, 5.74) is 4.37. The van der Waals surface area contributed by atoms with E-state index in [9.17, 15) is 0 Å². The molecule has 17 heavy (non-hydrogen) atoms. The molecule has 1 aromatic carbocycles. The summed E-state index contributed by atoms with van der Waals surface area (Å²) in [4.78, 5) is 18.2. The van der Waals surface area contributed by atoms with Crippen LogP contribution >= 0.6 is 0 Å². The molecule has 0 fully saturated rings. The summed E-state index contributed by atoms with van der Waals surface area (Å²) in [6.07, 6.45) is 1.19. The second kappa shape index (κ2) is 6.00. The monoisotopic (exact) mass is 237 g/mol. The van der Waals surface area contributed by atoms with Crippen molar-refractivity contribution < 1.29 is 19.8 Å². The lowest BCUT2D eigenvalue weighted by Gasteiger charge is -2.16. The molecule has 0 saturated carbocycles. The van der Waals surface area contributed by atoms with Gasteiger partial charge in [0.25, 0.3) is 0 Å². The molecule has 5 heteroatoms. The molecule has 0 bridgehead atoms. The molecule has 5 nitrogen and oxygen atoms in total. The van der Waals surface area contributed by atoms with E-state index in [0.717, 1.165) is 13.1 Å². The van der Waals surface area contributed by atoms with Crippen LogP contribution in [0.3, 0.4) is 0 Å². The average Bonchev–Trinajstić information content (AvgIpc) is 2.29. The highest BCUT2D eigenvalue weighted by atomic mass is 16.4. The fourth-order valence-corrected chi connectivity index (χ4v) is 1.61. The second-order valence-electron chi connectivity index (χ2n) is 3.81. The Bertz CT molecular complexity index is 417. The molecular weight excluding hydrogens is 222 g/mol. The number of carboxylic acid groups (broad SMARTS) is 2. The molecular formula is C12H15NO4. The van der Waals surface area contributed by atoms with E-state index in [1.54, 1.807) is 0 Å². The maximum atomic E-state index is 9.10. The molecule has 0 aromatic heterocycles. The minimum atomic E-state index is -1.82. The Balaban J connectivity index is 0.000000209. The molecule has 0 unspecified atom stereocenters. The lowest BCUT2D eigenvalue weighted by Crippen LogP contribution is -2.23. The zero-order chi connectivity index (χ0) is 12.8. The Hall–Kier alpha value is -1.88. The third-order valence-electron chi connectivity index (χ3n) is 2.43. The van der Waals surface area contributed by atoms with Crippen LogP contribution in [0.5, 0.6) is 0 Å². The summed E-state index contributed by atoms with van der Waals surface area (Å²) in [5, 5.41) is 18.2. The fraction of sp³-hybridized carbons (Fsp3) is 0.333. The van der Waals surface area contributed by atoms with Crippen LogP contribution in [0.4, 0.5) is 0 Å². The SMILES string of the molecule is Cc1ccc2c(c1)CNCC2.O=C(O)C(=O)O. The van der Waals surface area contributed by atoms with Crippen LogP contribution in [0, 0.1) is 6.92 Å². The molecule has 0 saturated heterocycles. The molecule has 3 N–H and O–H groups in total. The van der Waals surface area contributed by atoms with Crippen molar-refractivity contribution in [2.45, 2.75) is 19.9 Å². The van der Waals surface area contributed by atoms with E-state index in [-0.39, 0.29) is 0 Å². The lowest BCUT2D eigenvalue weighted by molar-refractivity contribution is -0.159. The Morgan fingerprint density at radius 3 is 2.41 bits per heavy atom. The summed E-state index contributed by atoms with van der Waals surface area (Å²) < 4.78 is 0. The van der Waals surface area contributed by atoms with Crippen molar-refractivity contribution >= 4 is 11.9 Å². The van der Waals surface area contributed by atoms with Crippen LogP contribution in [0.1, 0.15) is 16.7 Å². The maximum absolute atomic E-state index is 9.10. The van der Waals surface area contributed by atoms with Crippen molar-refractivity contribution in [2.24, 2.45) is 0 Å². The van der Waals surface area contributed by atoms with Crippen molar-refractivity contribution in [3.63, 3.8) is 0 Å². The number of benzene rings is 1. The Labute approximate surface area is 99.1 Å². The van der Waals surface area contributed by atoms with Gasteiger partial charge in [-0.1, -0.05) is 23.8 Å². The van der Waals surface area contributed by atoms with Gasteiger partial charge in [0, 0.05) is 6.54 Å². The van der Waals surface area contributed by atoms with Gasteiger partial charge in [0.1, 0.15) is 0 Å². The minimum Gasteiger partial charge on any atom is -0.473 e. The van der Waals surface area contributed by atoms with Crippen molar-refractivity contribution in [1.29, 1.82) is 0 Å². The zero-order valence-corrected chi connectivity index (χ0v) is 9.56. The maximum Gasteiger partial charge on any atom is 0.414 e. The first kappa shape index (κ1) is 13.2. The number of hydrogen-bond donors (Lipinski definition) is 3. The van der Waals surface area contributed by atoms with E-state index in [1.807, 2.05) is 0 Å². The van der Waals surface area contributed by atoms with Crippen LogP contribution in [0.2, 0.25) is 0 Å². The zero-order valence-electron chi connectivity index (χ0n) is 9.56. The lowest BCUT2D eigenvalue weighted by atomic mass is 9.99. The molecule has 0 radical (unpaired) electrons. The largest absolute Gasteiger partial charge is 0.473 e. The van der Waals surface area contributed by atoms with Crippen LogP contribution < -0.4 is 5.32 Å². The first-order chi connectivity index (χ1) is 8.00. The van der Waals surface area contributed by atoms with Gasteiger partial charge in [0.15, 0.2) is 0 Å². The van der Waals surface area contributed by atoms with Gasteiger partial charge in [-0.15, -0.1) is 0 Å². The van der Waals surface area contributed by atoms with E-state index >= 15 is 0 Å². The summed E-state index contributed by atoms with van der Waals surface area (Å²) in [7, 11) is 0. The van der Waals surface area contributed by atoms with Crippen molar-refractivity contribution in [2.75, 3.05) is 6.54 Å². The van der Waals surface area contributed by atoms with E-state index in [1.165, 1.54) is 23.1 Å². The minimum absolute atomic E-state index is 1.05. The van der Waals surface area contributed by atoms with Gasteiger partial charge in [-0.05, 0) is 31.0 Å². The molecule has 2 rings (SSSR count). The predicted octanol–water partition coefficient (Wildman–Crippen LogP) is 0.796. The molecule has 1 heterocycles. The van der Waals surface area contributed by atoms with Crippen LogP contribution in [0.15, 0.2) is 18.2 Å². The number of aliphatic carboxylic acids is 2. The summed E-state index contributed by atoms with van der Waals surface area (Å²) in [6.45, 7) is 4.34.